The zero-order valence-corrected chi connectivity index (χ0v) is 8.00. The molecule has 0 radical (unpaired) electrons. The molecule has 0 aliphatic rings. The largest absolute Gasteiger partial charge is 0.393 e. The summed E-state index contributed by atoms with van der Waals surface area (Å²) in [7, 11) is 0. The fourth-order valence-electron chi connectivity index (χ4n) is 1.03. The van der Waals surface area contributed by atoms with Crippen LogP contribution >= 0.6 is 0 Å². The smallest absolute Gasteiger partial charge is 0.0575 e. The SMILES string of the molecule is CC[C@@H](C)OC(C)CC(C)O. The van der Waals surface area contributed by atoms with Gasteiger partial charge in [-0.2, -0.15) is 0 Å². The van der Waals surface area contributed by atoms with Gasteiger partial charge in [0.1, 0.15) is 0 Å². The van der Waals surface area contributed by atoms with Crippen LogP contribution < -0.4 is 0 Å². The highest BCUT2D eigenvalue weighted by Gasteiger charge is 2.08. The van der Waals surface area contributed by atoms with Crippen LogP contribution in [0.2, 0.25) is 0 Å². The van der Waals surface area contributed by atoms with Gasteiger partial charge in [-0.3, -0.25) is 0 Å². The van der Waals surface area contributed by atoms with Crippen molar-refractivity contribution >= 4 is 0 Å². The summed E-state index contributed by atoms with van der Waals surface area (Å²) < 4.78 is 5.55. The fourth-order valence-corrected chi connectivity index (χ4v) is 1.03. The summed E-state index contributed by atoms with van der Waals surface area (Å²) in [5.41, 5.74) is 0. The van der Waals surface area contributed by atoms with Gasteiger partial charge in [-0.05, 0) is 33.6 Å². The summed E-state index contributed by atoms with van der Waals surface area (Å²) in [4.78, 5) is 0. The molecule has 68 valence electrons. The minimum atomic E-state index is -0.256. The second kappa shape index (κ2) is 5.56. The van der Waals surface area contributed by atoms with Gasteiger partial charge in [0.05, 0.1) is 18.3 Å². The predicted molar refractivity (Wildman–Crippen MR) is 46.6 cm³/mol. The third kappa shape index (κ3) is 6.32. The van der Waals surface area contributed by atoms with Crippen molar-refractivity contribution in [3.63, 3.8) is 0 Å². The standard InChI is InChI=1S/C9H20O2/c1-5-8(3)11-9(4)6-7(2)10/h7-10H,5-6H2,1-4H3/t7?,8-,9?/m1/s1. The van der Waals surface area contributed by atoms with Crippen molar-refractivity contribution in [1.29, 1.82) is 0 Å². The molecule has 0 aliphatic carbocycles. The van der Waals surface area contributed by atoms with Crippen LogP contribution in [-0.2, 0) is 4.74 Å². The summed E-state index contributed by atoms with van der Waals surface area (Å²) in [5.74, 6) is 0. The Hall–Kier alpha value is -0.0800. The Morgan fingerprint density at radius 3 is 2.09 bits per heavy atom. The maximum absolute atomic E-state index is 9.03. The van der Waals surface area contributed by atoms with Gasteiger partial charge in [0, 0.05) is 0 Å². The summed E-state index contributed by atoms with van der Waals surface area (Å²) >= 11 is 0. The fraction of sp³-hybridized carbons (Fsp3) is 1.00. The van der Waals surface area contributed by atoms with Gasteiger partial charge in [0.15, 0.2) is 0 Å². The lowest BCUT2D eigenvalue weighted by molar-refractivity contribution is -0.0165. The second-order valence-corrected chi connectivity index (χ2v) is 3.25. The number of aliphatic hydroxyl groups excluding tert-OH is 1. The molecule has 1 N–H and O–H groups in total. The molecule has 0 amide bonds. The molecule has 0 rings (SSSR count). The number of ether oxygens (including phenoxy) is 1. The third-order valence-electron chi connectivity index (χ3n) is 1.71. The van der Waals surface area contributed by atoms with Crippen molar-refractivity contribution in [3.05, 3.63) is 0 Å². The summed E-state index contributed by atoms with van der Waals surface area (Å²) in [5, 5.41) is 9.03. The van der Waals surface area contributed by atoms with Crippen molar-refractivity contribution < 1.29 is 9.84 Å². The van der Waals surface area contributed by atoms with E-state index in [-0.39, 0.29) is 12.2 Å². The topological polar surface area (TPSA) is 29.5 Å². The zero-order valence-electron chi connectivity index (χ0n) is 8.00. The molecule has 2 heteroatoms. The molecule has 0 heterocycles. The lowest BCUT2D eigenvalue weighted by Gasteiger charge is -2.18. The first-order valence-electron chi connectivity index (χ1n) is 4.39. The van der Waals surface area contributed by atoms with Crippen LogP contribution in [0.15, 0.2) is 0 Å². The Morgan fingerprint density at radius 1 is 1.18 bits per heavy atom. The van der Waals surface area contributed by atoms with Gasteiger partial charge in [-0.25, -0.2) is 0 Å². The molecule has 0 aromatic carbocycles. The Kier molecular flexibility index (Phi) is 5.51. The Labute approximate surface area is 69.6 Å². The normalized spacial score (nSPS) is 19.4. The van der Waals surface area contributed by atoms with E-state index in [1.165, 1.54) is 0 Å². The third-order valence-corrected chi connectivity index (χ3v) is 1.71. The van der Waals surface area contributed by atoms with Crippen molar-refractivity contribution in [2.45, 2.75) is 58.8 Å². The molecule has 11 heavy (non-hydrogen) atoms. The van der Waals surface area contributed by atoms with Crippen LogP contribution in [0.3, 0.4) is 0 Å². The van der Waals surface area contributed by atoms with Gasteiger partial charge < -0.3 is 9.84 Å². The van der Waals surface area contributed by atoms with Gasteiger partial charge in [0.2, 0.25) is 0 Å². The molecule has 0 saturated heterocycles. The highest BCUT2D eigenvalue weighted by molar-refractivity contribution is 4.57. The van der Waals surface area contributed by atoms with Crippen LogP contribution in [0.1, 0.15) is 40.5 Å². The lowest BCUT2D eigenvalue weighted by atomic mass is 10.2. The molecule has 0 spiro atoms. The number of hydrogen-bond acceptors (Lipinski definition) is 2. The first-order chi connectivity index (χ1) is 5.06. The Morgan fingerprint density at radius 2 is 1.73 bits per heavy atom. The van der Waals surface area contributed by atoms with E-state index in [4.69, 9.17) is 9.84 Å². The van der Waals surface area contributed by atoms with Crippen molar-refractivity contribution in [2.75, 3.05) is 0 Å². The molecule has 0 bridgehead atoms. The van der Waals surface area contributed by atoms with Crippen LogP contribution in [-0.4, -0.2) is 23.4 Å². The van der Waals surface area contributed by atoms with Crippen LogP contribution in [0.5, 0.6) is 0 Å². The lowest BCUT2D eigenvalue weighted by Crippen LogP contribution is -2.20. The van der Waals surface area contributed by atoms with E-state index >= 15 is 0 Å². The van der Waals surface area contributed by atoms with E-state index in [2.05, 4.69) is 13.8 Å². The average molecular weight is 160 g/mol. The summed E-state index contributed by atoms with van der Waals surface area (Å²) in [6.07, 6.45) is 1.98. The van der Waals surface area contributed by atoms with E-state index in [0.29, 0.717) is 6.10 Å². The van der Waals surface area contributed by atoms with E-state index in [9.17, 15) is 0 Å². The van der Waals surface area contributed by atoms with Crippen LogP contribution in [0, 0.1) is 0 Å². The number of rotatable bonds is 5. The van der Waals surface area contributed by atoms with E-state index in [1.807, 2.05) is 6.92 Å². The Balaban J connectivity index is 3.43. The van der Waals surface area contributed by atoms with Crippen LogP contribution in [0.4, 0.5) is 0 Å². The second-order valence-electron chi connectivity index (χ2n) is 3.25. The molecule has 0 aromatic heterocycles. The van der Waals surface area contributed by atoms with E-state index < -0.39 is 0 Å². The number of aliphatic hydroxyl groups is 1. The maximum Gasteiger partial charge on any atom is 0.0575 e. The molecule has 0 saturated carbocycles. The van der Waals surface area contributed by atoms with Crippen molar-refractivity contribution in [1.82, 2.24) is 0 Å². The van der Waals surface area contributed by atoms with Crippen molar-refractivity contribution in [3.8, 4) is 0 Å². The quantitative estimate of drug-likeness (QED) is 0.666. The zero-order chi connectivity index (χ0) is 8.85. The van der Waals surface area contributed by atoms with E-state index in [0.717, 1.165) is 12.8 Å². The first-order valence-corrected chi connectivity index (χ1v) is 4.39. The van der Waals surface area contributed by atoms with Crippen molar-refractivity contribution in [2.24, 2.45) is 0 Å². The highest BCUT2D eigenvalue weighted by Crippen LogP contribution is 2.06. The number of hydrogen-bond donors (Lipinski definition) is 1. The van der Waals surface area contributed by atoms with Gasteiger partial charge in [0.25, 0.3) is 0 Å². The molecule has 0 aromatic rings. The summed E-state index contributed by atoms with van der Waals surface area (Å²) in [6.45, 7) is 7.94. The molecular weight excluding hydrogens is 140 g/mol. The molecule has 0 fully saturated rings. The van der Waals surface area contributed by atoms with Gasteiger partial charge in [-0.1, -0.05) is 6.92 Å². The highest BCUT2D eigenvalue weighted by atomic mass is 16.5. The molecule has 2 nitrogen and oxygen atoms in total. The first kappa shape index (κ1) is 10.9. The molecule has 3 atom stereocenters. The van der Waals surface area contributed by atoms with Gasteiger partial charge >= 0.3 is 0 Å². The minimum Gasteiger partial charge on any atom is -0.393 e. The predicted octanol–water partition coefficient (Wildman–Crippen LogP) is 1.96. The Bertz CT molecular complexity index is 91.6. The molecule has 0 aliphatic heterocycles. The minimum absolute atomic E-state index is 0.171. The molecular formula is C9H20O2. The maximum atomic E-state index is 9.03. The van der Waals surface area contributed by atoms with Crippen LogP contribution in [0.25, 0.3) is 0 Å². The monoisotopic (exact) mass is 160 g/mol. The summed E-state index contributed by atoms with van der Waals surface area (Å²) in [6, 6.07) is 0. The average Bonchev–Trinajstić information content (AvgIpc) is 1.85. The van der Waals surface area contributed by atoms with Gasteiger partial charge in [-0.15, -0.1) is 0 Å². The molecule has 2 unspecified atom stereocenters. The van der Waals surface area contributed by atoms with E-state index in [1.54, 1.807) is 6.92 Å².